The molecule has 2 N–H and O–H groups in total. The molecule has 1 aromatic rings. The van der Waals surface area contributed by atoms with E-state index in [1.54, 1.807) is 0 Å². The third-order valence-corrected chi connectivity index (χ3v) is 6.96. The van der Waals surface area contributed by atoms with Crippen LogP contribution in [0.4, 0.5) is 5.69 Å². The van der Waals surface area contributed by atoms with Gasteiger partial charge in [0.1, 0.15) is 0 Å². The van der Waals surface area contributed by atoms with Gasteiger partial charge in [-0.15, -0.1) is 0 Å². The van der Waals surface area contributed by atoms with Crippen LogP contribution in [0.2, 0.25) is 0 Å². The summed E-state index contributed by atoms with van der Waals surface area (Å²) >= 11 is 0. The Morgan fingerprint density at radius 3 is 2.96 bits per heavy atom. The minimum absolute atomic E-state index is 0.0525. The predicted octanol–water partition coefficient (Wildman–Crippen LogP) is 1.88. The zero-order valence-corrected chi connectivity index (χ0v) is 14.7. The molecule has 25 heavy (non-hydrogen) atoms. The monoisotopic (exact) mass is 340 g/mol. The number of carbonyl (C=O) groups excluding carboxylic acids is 1. The van der Waals surface area contributed by atoms with Gasteiger partial charge in [0.15, 0.2) is 0 Å². The first-order valence-electron chi connectivity index (χ1n) is 9.21. The fraction of sp³-hybridized carbons (Fsp3) is 0.550. The molecule has 3 aliphatic heterocycles. The first-order valence-corrected chi connectivity index (χ1v) is 9.21. The van der Waals surface area contributed by atoms with Crippen LogP contribution in [0.3, 0.4) is 0 Å². The largest absolute Gasteiger partial charge is 0.466 e. The van der Waals surface area contributed by atoms with Gasteiger partial charge < -0.3 is 15.2 Å². The number of ether oxygens (including phenoxy) is 1. The standard InChI is InChI=1S/C20H24N2O3/c1-11(23)15-12-7-9-22-10-8-20(18(15)22)13-5-3-4-6-14(13)21-17(20)16(12)19(24)25-2/h3-6,11-12,15,18,21,23H,7-10H2,1-2H3/t11-,12-,15-,18+,20+/m1/s1. The van der Waals surface area contributed by atoms with Crippen molar-refractivity contribution >= 4 is 11.7 Å². The van der Waals surface area contributed by atoms with Gasteiger partial charge in [-0.2, -0.15) is 0 Å². The number of benzene rings is 1. The van der Waals surface area contributed by atoms with Crippen molar-refractivity contribution in [1.29, 1.82) is 0 Å². The molecule has 0 radical (unpaired) electrons. The van der Waals surface area contributed by atoms with Crippen LogP contribution in [0.1, 0.15) is 25.3 Å². The van der Waals surface area contributed by atoms with Crippen molar-refractivity contribution in [2.75, 3.05) is 25.5 Å². The summed E-state index contributed by atoms with van der Waals surface area (Å²) in [7, 11) is 1.46. The highest BCUT2D eigenvalue weighted by Crippen LogP contribution is 2.62. The Balaban J connectivity index is 1.83. The van der Waals surface area contributed by atoms with Gasteiger partial charge in [-0.1, -0.05) is 18.2 Å². The Hall–Kier alpha value is -1.85. The maximum absolute atomic E-state index is 12.8. The number of para-hydroxylation sites is 1. The van der Waals surface area contributed by atoms with Crippen LogP contribution in [-0.2, 0) is 14.9 Å². The first-order chi connectivity index (χ1) is 12.1. The molecule has 5 nitrogen and oxygen atoms in total. The van der Waals surface area contributed by atoms with Crippen molar-refractivity contribution in [2.24, 2.45) is 11.8 Å². The minimum Gasteiger partial charge on any atom is -0.466 e. The molecular formula is C20H24N2O3. The normalized spacial score (nSPS) is 36.5. The van der Waals surface area contributed by atoms with Crippen LogP contribution < -0.4 is 5.32 Å². The number of hydrogen-bond donors (Lipinski definition) is 2. The molecule has 0 saturated carbocycles. The Labute approximate surface area is 147 Å². The number of piperidine rings is 1. The average molecular weight is 340 g/mol. The molecule has 3 heterocycles. The Morgan fingerprint density at radius 1 is 1.40 bits per heavy atom. The van der Waals surface area contributed by atoms with E-state index in [4.69, 9.17) is 4.74 Å². The maximum Gasteiger partial charge on any atom is 0.335 e. The summed E-state index contributed by atoms with van der Waals surface area (Å²) in [6, 6.07) is 8.62. The lowest BCUT2D eigenvalue weighted by Gasteiger charge is -2.53. The van der Waals surface area contributed by atoms with E-state index in [0.29, 0.717) is 0 Å². The summed E-state index contributed by atoms with van der Waals surface area (Å²) in [5, 5.41) is 14.2. The van der Waals surface area contributed by atoms with Crippen LogP contribution in [0.25, 0.3) is 0 Å². The number of esters is 1. The molecule has 4 aliphatic rings. The topological polar surface area (TPSA) is 61.8 Å². The smallest absolute Gasteiger partial charge is 0.335 e. The van der Waals surface area contributed by atoms with Gasteiger partial charge in [0, 0.05) is 29.3 Å². The van der Waals surface area contributed by atoms with Crippen molar-refractivity contribution < 1.29 is 14.6 Å². The summed E-state index contributed by atoms with van der Waals surface area (Å²) in [5.41, 5.74) is 3.94. The molecule has 5 rings (SSSR count). The number of hydrogen-bond acceptors (Lipinski definition) is 5. The molecule has 0 amide bonds. The zero-order valence-electron chi connectivity index (χ0n) is 14.7. The van der Waals surface area contributed by atoms with E-state index in [-0.39, 0.29) is 29.3 Å². The number of nitrogens with one attached hydrogen (secondary N) is 1. The Kier molecular flexibility index (Phi) is 3.13. The molecule has 1 aromatic carbocycles. The molecule has 2 saturated heterocycles. The van der Waals surface area contributed by atoms with Crippen molar-refractivity contribution in [3.8, 4) is 0 Å². The molecule has 2 fully saturated rings. The number of nitrogens with zero attached hydrogens (tertiary/aromatic N) is 1. The van der Waals surface area contributed by atoms with Crippen LogP contribution >= 0.6 is 0 Å². The average Bonchev–Trinajstić information content (AvgIpc) is 3.17. The molecular weight excluding hydrogens is 316 g/mol. The fourth-order valence-electron chi connectivity index (χ4n) is 6.18. The molecule has 0 unspecified atom stereocenters. The highest BCUT2D eigenvalue weighted by molar-refractivity contribution is 5.93. The van der Waals surface area contributed by atoms with E-state index in [9.17, 15) is 9.90 Å². The lowest BCUT2D eigenvalue weighted by molar-refractivity contribution is -0.138. The van der Waals surface area contributed by atoms with E-state index in [1.165, 1.54) is 12.7 Å². The van der Waals surface area contributed by atoms with E-state index < -0.39 is 6.10 Å². The van der Waals surface area contributed by atoms with Gasteiger partial charge in [-0.05, 0) is 44.5 Å². The lowest BCUT2D eigenvalue weighted by atomic mass is 9.57. The second-order valence-corrected chi connectivity index (χ2v) is 7.87. The van der Waals surface area contributed by atoms with Crippen LogP contribution in [0.5, 0.6) is 0 Å². The molecule has 1 aliphatic carbocycles. The van der Waals surface area contributed by atoms with Crippen molar-refractivity contribution in [2.45, 2.75) is 37.3 Å². The number of methoxy groups -OCH3 is 1. The lowest BCUT2D eigenvalue weighted by Crippen LogP contribution is -2.60. The van der Waals surface area contributed by atoms with E-state index in [2.05, 4.69) is 28.4 Å². The maximum atomic E-state index is 12.8. The number of carbonyl (C=O) groups is 1. The first kappa shape index (κ1) is 15.4. The number of anilines is 1. The van der Waals surface area contributed by atoms with Crippen LogP contribution in [0, 0.1) is 11.8 Å². The van der Waals surface area contributed by atoms with Crippen LogP contribution in [-0.4, -0.2) is 48.3 Å². The number of aliphatic hydroxyl groups excluding tert-OH is 1. The number of aliphatic hydroxyl groups is 1. The quantitative estimate of drug-likeness (QED) is 0.805. The van der Waals surface area contributed by atoms with E-state index >= 15 is 0 Å². The van der Waals surface area contributed by atoms with Crippen molar-refractivity contribution in [3.05, 3.63) is 41.1 Å². The molecule has 0 aromatic heterocycles. The second kappa shape index (κ2) is 5.08. The third-order valence-electron chi connectivity index (χ3n) is 6.96. The van der Waals surface area contributed by atoms with Crippen molar-refractivity contribution in [1.82, 2.24) is 4.90 Å². The predicted molar refractivity (Wildman–Crippen MR) is 94.0 cm³/mol. The van der Waals surface area contributed by atoms with Gasteiger partial charge in [0.25, 0.3) is 0 Å². The summed E-state index contributed by atoms with van der Waals surface area (Å²) < 4.78 is 5.19. The van der Waals surface area contributed by atoms with Gasteiger partial charge in [-0.3, -0.25) is 4.90 Å². The highest BCUT2D eigenvalue weighted by atomic mass is 16.5. The molecule has 2 bridgehead atoms. The SMILES string of the molecule is COC(=O)C1=C2Nc3ccccc3[C@@]23CCN2CC[C@@H]1[C@@H]([C@@H](C)O)[C@H]23. The summed E-state index contributed by atoms with van der Waals surface area (Å²) in [5.74, 6) is -0.136. The summed E-state index contributed by atoms with van der Waals surface area (Å²) in [6.45, 7) is 3.87. The van der Waals surface area contributed by atoms with Crippen LogP contribution in [0.15, 0.2) is 35.5 Å². The number of fused-ring (bicyclic) bond motifs is 2. The van der Waals surface area contributed by atoms with Gasteiger partial charge in [0.2, 0.25) is 0 Å². The molecule has 5 atom stereocenters. The van der Waals surface area contributed by atoms with Gasteiger partial charge in [0.05, 0.1) is 24.2 Å². The zero-order chi connectivity index (χ0) is 17.3. The fourth-order valence-corrected chi connectivity index (χ4v) is 6.18. The molecule has 132 valence electrons. The van der Waals surface area contributed by atoms with Gasteiger partial charge in [-0.25, -0.2) is 4.79 Å². The minimum atomic E-state index is -0.457. The molecule has 5 heteroatoms. The second-order valence-electron chi connectivity index (χ2n) is 7.87. The number of rotatable bonds is 2. The van der Waals surface area contributed by atoms with Gasteiger partial charge >= 0.3 is 5.97 Å². The Bertz CT molecular complexity index is 787. The van der Waals surface area contributed by atoms with E-state index in [1.807, 2.05) is 13.0 Å². The Morgan fingerprint density at radius 2 is 2.20 bits per heavy atom. The highest BCUT2D eigenvalue weighted by Gasteiger charge is 2.65. The third kappa shape index (κ3) is 1.73. The molecule has 1 spiro atoms. The van der Waals surface area contributed by atoms with Crippen molar-refractivity contribution in [3.63, 3.8) is 0 Å². The summed E-state index contributed by atoms with van der Waals surface area (Å²) in [6.07, 6.45) is 1.42. The van der Waals surface area contributed by atoms with E-state index in [0.717, 1.165) is 42.9 Å². The summed E-state index contributed by atoms with van der Waals surface area (Å²) in [4.78, 5) is 15.3.